The second kappa shape index (κ2) is 8.29. The third-order valence-corrected chi connectivity index (χ3v) is 4.49. The zero-order valence-corrected chi connectivity index (χ0v) is 15.7. The molecule has 2 amide bonds. The number of nitrogens with one attached hydrogen (secondary N) is 2. The average molecular weight is 423 g/mol. The van der Waals surface area contributed by atoms with E-state index >= 15 is 0 Å². The van der Waals surface area contributed by atoms with Crippen LogP contribution in [-0.4, -0.2) is 38.0 Å². The molecule has 3 N–H and O–H groups in total. The van der Waals surface area contributed by atoms with Gasteiger partial charge in [0, 0.05) is 23.2 Å². The number of aliphatic hydroxyl groups is 1. The summed E-state index contributed by atoms with van der Waals surface area (Å²) in [4.78, 5) is 12.1. The lowest BCUT2D eigenvalue weighted by Gasteiger charge is -2.20. The van der Waals surface area contributed by atoms with Gasteiger partial charge in [0.15, 0.2) is 11.5 Å². The fraction of sp³-hybridized carbons (Fsp3) is 0.278. The number of ether oxygens (including phenoxy) is 3. The van der Waals surface area contributed by atoms with E-state index in [1.165, 1.54) is 0 Å². The zero-order valence-electron chi connectivity index (χ0n) is 14.1. The van der Waals surface area contributed by atoms with Crippen molar-refractivity contribution in [2.45, 2.75) is 6.10 Å². The molecule has 8 heteroatoms. The Morgan fingerprint density at radius 2 is 1.88 bits per heavy atom. The molecule has 0 saturated carbocycles. The van der Waals surface area contributed by atoms with E-state index in [9.17, 15) is 9.90 Å². The Labute approximate surface area is 159 Å². The molecule has 0 saturated heterocycles. The topological polar surface area (TPSA) is 89.1 Å². The molecule has 7 nitrogen and oxygen atoms in total. The van der Waals surface area contributed by atoms with Crippen LogP contribution in [0.4, 0.5) is 10.5 Å². The third kappa shape index (κ3) is 4.39. The molecule has 0 aliphatic carbocycles. The van der Waals surface area contributed by atoms with E-state index in [1.807, 2.05) is 0 Å². The number of carbonyl (C=O) groups excluding carboxylic acids is 1. The van der Waals surface area contributed by atoms with E-state index in [4.69, 9.17) is 14.2 Å². The van der Waals surface area contributed by atoms with Crippen LogP contribution in [0.5, 0.6) is 17.2 Å². The Morgan fingerprint density at radius 3 is 2.54 bits per heavy atom. The van der Waals surface area contributed by atoms with Gasteiger partial charge >= 0.3 is 6.03 Å². The summed E-state index contributed by atoms with van der Waals surface area (Å²) in [6.45, 7) is 1.03. The molecule has 0 radical (unpaired) electrons. The fourth-order valence-corrected chi connectivity index (χ4v) is 2.88. The van der Waals surface area contributed by atoms with Crippen LogP contribution in [0.1, 0.15) is 11.7 Å². The number of hydrogen-bond acceptors (Lipinski definition) is 5. The average Bonchev–Trinajstić information content (AvgIpc) is 2.66. The lowest BCUT2D eigenvalue weighted by atomic mass is 10.1. The van der Waals surface area contributed by atoms with Crippen LogP contribution in [0.15, 0.2) is 40.9 Å². The molecule has 0 spiro atoms. The smallest absolute Gasteiger partial charge is 0.319 e. The van der Waals surface area contributed by atoms with E-state index in [0.29, 0.717) is 46.2 Å². The van der Waals surface area contributed by atoms with Crippen molar-refractivity contribution < 1.29 is 24.1 Å². The van der Waals surface area contributed by atoms with E-state index in [1.54, 1.807) is 43.5 Å². The maximum Gasteiger partial charge on any atom is 0.319 e. The first-order chi connectivity index (χ1) is 12.6. The van der Waals surface area contributed by atoms with Gasteiger partial charge in [0.2, 0.25) is 0 Å². The molecule has 2 aromatic rings. The summed E-state index contributed by atoms with van der Waals surface area (Å²) in [5.74, 6) is 1.91. The van der Waals surface area contributed by atoms with Gasteiger partial charge in [-0.15, -0.1) is 0 Å². The first kappa shape index (κ1) is 18.3. The number of urea groups is 1. The van der Waals surface area contributed by atoms with E-state index in [0.717, 1.165) is 0 Å². The summed E-state index contributed by atoms with van der Waals surface area (Å²) in [6.07, 6.45) is -0.824. The van der Waals surface area contributed by atoms with Gasteiger partial charge in [-0.2, -0.15) is 0 Å². The molecule has 0 fully saturated rings. The molecular formula is C18H19BrN2O5. The van der Waals surface area contributed by atoms with Crippen LogP contribution in [0.2, 0.25) is 0 Å². The number of methoxy groups -OCH3 is 1. The van der Waals surface area contributed by atoms with Gasteiger partial charge in [-0.25, -0.2) is 4.79 Å². The van der Waals surface area contributed by atoms with Crippen molar-refractivity contribution in [3.8, 4) is 17.2 Å². The number of carbonyl (C=O) groups is 1. The number of rotatable bonds is 5. The Balaban J connectivity index is 1.57. The van der Waals surface area contributed by atoms with Crippen LogP contribution in [-0.2, 0) is 0 Å². The third-order valence-electron chi connectivity index (χ3n) is 3.84. The highest BCUT2D eigenvalue weighted by Crippen LogP contribution is 2.38. The maximum atomic E-state index is 12.1. The zero-order chi connectivity index (χ0) is 18.5. The second-order valence-corrected chi connectivity index (χ2v) is 6.45. The van der Waals surface area contributed by atoms with Crippen LogP contribution in [0, 0.1) is 0 Å². The number of benzene rings is 2. The summed E-state index contributed by atoms with van der Waals surface area (Å²) < 4.78 is 16.7. The molecule has 1 aliphatic rings. The van der Waals surface area contributed by atoms with Gasteiger partial charge in [0.1, 0.15) is 19.0 Å². The molecule has 0 aromatic heterocycles. The summed E-state index contributed by atoms with van der Waals surface area (Å²) in [7, 11) is 1.58. The molecule has 1 heterocycles. The molecule has 3 rings (SSSR count). The van der Waals surface area contributed by atoms with Crippen molar-refractivity contribution in [1.82, 2.24) is 5.32 Å². The molecule has 26 heavy (non-hydrogen) atoms. The molecule has 0 bridgehead atoms. The normalized spacial score (nSPS) is 13.7. The Kier molecular flexibility index (Phi) is 5.85. The molecule has 138 valence electrons. The summed E-state index contributed by atoms with van der Waals surface area (Å²) >= 11 is 3.39. The largest absolute Gasteiger partial charge is 0.497 e. The lowest BCUT2D eigenvalue weighted by Crippen LogP contribution is -2.32. The summed E-state index contributed by atoms with van der Waals surface area (Å²) in [5, 5.41) is 15.5. The number of hydrogen-bond donors (Lipinski definition) is 3. The minimum atomic E-state index is -0.824. The van der Waals surface area contributed by atoms with Crippen molar-refractivity contribution in [1.29, 1.82) is 0 Å². The number of aliphatic hydroxyl groups excluding tert-OH is 1. The fourth-order valence-electron chi connectivity index (χ4n) is 2.46. The predicted octanol–water partition coefficient (Wildman–Crippen LogP) is 3.08. The Morgan fingerprint density at radius 1 is 1.23 bits per heavy atom. The van der Waals surface area contributed by atoms with Crippen molar-refractivity contribution in [3.63, 3.8) is 0 Å². The van der Waals surface area contributed by atoms with Gasteiger partial charge in [-0.3, -0.25) is 0 Å². The molecule has 1 atom stereocenters. The number of fused-ring (bicyclic) bond motifs is 1. The summed E-state index contributed by atoms with van der Waals surface area (Å²) in [5.41, 5.74) is 1.23. The van der Waals surface area contributed by atoms with Gasteiger partial charge < -0.3 is 30.0 Å². The van der Waals surface area contributed by atoms with Crippen molar-refractivity contribution in [2.75, 3.05) is 32.2 Å². The summed E-state index contributed by atoms with van der Waals surface area (Å²) in [6, 6.07) is 10.0. The monoisotopic (exact) mass is 422 g/mol. The van der Waals surface area contributed by atoms with Gasteiger partial charge in [0.25, 0.3) is 0 Å². The highest BCUT2D eigenvalue weighted by Gasteiger charge is 2.16. The van der Waals surface area contributed by atoms with Crippen LogP contribution >= 0.6 is 15.9 Å². The van der Waals surface area contributed by atoms with Crippen molar-refractivity contribution in [2.24, 2.45) is 0 Å². The SMILES string of the molecule is COc1ccc([C@H](O)CNC(=O)Nc2cc3c(cc2Br)OCCO3)cc1. The van der Waals surface area contributed by atoms with E-state index in [2.05, 4.69) is 26.6 Å². The molecule has 0 unspecified atom stereocenters. The van der Waals surface area contributed by atoms with Crippen LogP contribution in [0.3, 0.4) is 0 Å². The lowest BCUT2D eigenvalue weighted by molar-refractivity contribution is 0.171. The molecule has 2 aromatic carbocycles. The van der Waals surface area contributed by atoms with Crippen LogP contribution < -0.4 is 24.8 Å². The minimum Gasteiger partial charge on any atom is -0.497 e. The minimum absolute atomic E-state index is 0.0698. The van der Waals surface area contributed by atoms with Gasteiger partial charge in [-0.05, 0) is 33.6 Å². The van der Waals surface area contributed by atoms with Crippen molar-refractivity contribution >= 4 is 27.6 Å². The van der Waals surface area contributed by atoms with Crippen LogP contribution in [0.25, 0.3) is 0 Å². The van der Waals surface area contributed by atoms with Gasteiger partial charge in [-0.1, -0.05) is 12.1 Å². The first-order valence-corrected chi connectivity index (χ1v) is 8.82. The maximum absolute atomic E-state index is 12.1. The standard InChI is InChI=1S/C18H19BrN2O5/c1-24-12-4-2-11(3-5-12)15(22)10-20-18(23)21-14-9-17-16(8-13(14)19)25-6-7-26-17/h2-5,8-9,15,22H,6-7,10H2,1H3,(H2,20,21,23)/t15-/m1/s1. The highest BCUT2D eigenvalue weighted by molar-refractivity contribution is 9.10. The Hall–Kier alpha value is -2.45. The van der Waals surface area contributed by atoms with E-state index in [-0.39, 0.29) is 6.54 Å². The van der Waals surface area contributed by atoms with E-state index < -0.39 is 12.1 Å². The Bertz CT molecular complexity index is 782. The predicted molar refractivity (Wildman–Crippen MR) is 100 cm³/mol. The van der Waals surface area contributed by atoms with Gasteiger partial charge in [0.05, 0.1) is 18.9 Å². The molecular weight excluding hydrogens is 404 g/mol. The highest BCUT2D eigenvalue weighted by atomic mass is 79.9. The first-order valence-electron chi connectivity index (χ1n) is 8.03. The number of halogens is 1. The second-order valence-electron chi connectivity index (χ2n) is 5.60. The molecule has 1 aliphatic heterocycles. The number of anilines is 1. The van der Waals surface area contributed by atoms with Crippen molar-refractivity contribution in [3.05, 3.63) is 46.4 Å². The number of amides is 2. The quantitative estimate of drug-likeness (QED) is 0.688.